The predicted molar refractivity (Wildman–Crippen MR) is 212 cm³/mol. The summed E-state index contributed by atoms with van der Waals surface area (Å²) in [5, 5.41) is 16.2. The Morgan fingerprint density at radius 1 is 1.02 bits per heavy atom. The van der Waals surface area contributed by atoms with Crippen LogP contribution in [0.15, 0.2) is 72.0 Å². The predicted octanol–water partition coefficient (Wildman–Crippen LogP) is 6.56. The van der Waals surface area contributed by atoms with Crippen LogP contribution in [0, 0.1) is 25.2 Å². The molecule has 13 heteroatoms. The van der Waals surface area contributed by atoms with E-state index in [2.05, 4.69) is 40.5 Å². The van der Waals surface area contributed by atoms with Crippen LogP contribution in [-0.4, -0.2) is 71.9 Å². The number of carbonyl (C=O) groups excluding carboxylic acids is 4. The minimum absolute atomic E-state index is 0.133. The summed E-state index contributed by atoms with van der Waals surface area (Å²) >= 11 is 1.48. The standard InChI is InChI=1S/C42H48N6O6S/c1-27-12-15-32(24-35(27)40(52)48(6)36(10-8-20-49)39(51)44-5)46-37(50)11-9-21-53-38-28(2)22-31(23-29(38)25-43)42(3,4)30-13-16-34(17-14-30)54-26-33-18-19-45-41(47-33)55-7/h12-20,22-24,36H,8-11,21,26H2,1-7H3,(H,44,51)(H,46,50). The number of likely N-dealkylation sites (N-methyl/N-ethyl adjacent to an activating group) is 2. The first-order chi connectivity index (χ1) is 26.3. The topological polar surface area (TPSA) is 164 Å². The summed E-state index contributed by atoms with van der Waals surface area (Å²) in [5.41, 5.74) is 5.05. The average Bonchev–Trinajstić information content (AvgIpc) is 3.19. The van der Waals surface area contributed by atoms with Crippen molar-refractivity contribution in [2.75, 3.05) is 32.3 Å². The molecule has 2 N–H and O–H groups in total. The number of hydrogen-bond acceptors (Lipinski definition) is 10. The monoisotopic (exact) mass is 764 g/mol. The van der Waals surface area contributed by atoms with Crippen LogP contribution < -0.4 is 20.1 Å². The molecule has 288 valence electrons. The Balaban J connectivity index is 1.34. The van der Waals surface area contributed by atoms with Gasteiger partial charge < -0.3 is 29.8 Å². The third-order valence-electron chi connectivity index (χ3n) is 9.39. The number of nitriles is 1. The highest BCUT2D eigenvalue weighted by Crippen LogP contribution is 2.37. The summed E-state index contributed by atoms with van der Waals surface area (Å²) < 4.78 is 12.0. The third kappa shape index (κ3) is 10.9. The number of amides is 3. The molecule has 0 bridgehead atoms. The van der Waals surface area contributed by atoms with Crippen LogP contribution in [0.3, 0.4) is 0 Å². The van der Waals surface area contributed by atoms with Crippen LogP contribution in [0.2, 0.25) is 0 Å². The molecule has 0 fully saturated rings. The summed E-state index contributed by atoms with van der Waals surface area (Å²) in [6.45, 7) is 8.43. The van der Waals surface area contributed by atoms with Crippen LogP contribution in [-0.2, 0) is 26.4 Å². The molecule has 12 nitrogen and oxygen atoms in total. The van der Waals surface area contributed by atoms with E-state index in [1.165, 1.54) is 30.8 Å². The molecule has 1 aromatic heterocycles. The number of benzene rings is 3. The van der Waals surface area contributed by atoms with Gasteiger partial charge in [-0.05, 0) is 91.6 Å². The molecule has 1 heterocycles. The zero-order valence-electron chi connectivity index (χ0n) is 32.4. The van der Waals surface area contributed by atoms with E-state index in [1.54, 1.807) is 31.3 Å². The number of carbonyl (C=O) groups is 4. The number of hydrogen-bond donors (Lipinski definition) is 2. The summed E-state index contributed by atoms with van der Waals surface area (Å²) in [6.07, 6.45) is 5.22. The van der Waals surface area contributed by atoms with Crippen molar-refractivity contribution in [3.05, 3.63) is 106 Å². The van der Waals surface area contributed by atoms with Gasteiger partial charge in [0.05, 0.1) is 17.9 Å². The SMILES string of the molecule is CNC(=O)C(CCC=O)N(C)C(=O)c1cc(NC(=O)CCCOc2c(C)cc(C(C)(C)c3ccc(OCc4ccnc(SC)n4)cc3)cc2C#N)ccc1C. The van der Waals surface area contributed by atoms with E-state index >= 15 is 0 Å². The average molecular weight is 765 g/mol. The molecular formula is C42H48N6O6S. The maximum atomic E-state index is 13.4. The summed E-state index contributed by atoms with van der Waals surface area (Å²) in [7, 11) is 3.00. The van der Waals surface area contributed by atoms with Crippen molar-refractivity contribution in [3.63, 3.8) is 0 Å². The molecule has 3 aromatic carbocycles. The minimum Gasteiger partial charge on any atom is -0.492 e. The Bertz CT molecular complexity index is 2050. The van der Waals surface area contributed by atoms with Gasteiger partial charge >= 0.3 is 0 Å². The van der Waals surface area contributed by atoms with Crippen molar-refractivity contribution in [1.82, 2.24) is 20.2 Å². The fourth-order valence-corrected chi connectivity index (χ4v) is 6.42. The van der Waals surface area contributed by atoms with Gasteiger partial charge in [0.25, 0.3) is 5.91 Å². The van der Waals surface area contributed by atoms with E-state index in [0.29, 0.717) is 52.6 Å². The van der Waals surface area contributed by atoms with Crippen LogP contribution in [0.25, 0.3) is 0 Å². The van der Waals surface area contributed by atoms with Crippen LogP contribution in [0.5, 0.6) is 11.5 Å². The molecule has 1 unspecified atom stereocenters. The second kappa shape index (κ2) is 19.5. The molecule has 0 aliphatic rings. The largest absolute Gasteiger partial charge is 0.492 e. The smallest absolute Gasteiger partial charge is 0.254 e. The summed E-state index contributed by atoms with van der Waals surface area (Å²) in [6, 6.07) is 20.1. The molecule has 0 radical (unpaired) electrons. The van der Waals surface area contributed by atoms with Crippen LogP contribution in [0.4, 0.5) is 5.69 Å². The first kappa shape index (κ1) is 42.0. The lowest BCUT2D eigenvalue weighted by atomic mass is 9.77. The zero-order chi connectivity index (χ0) is 40.1. The maximum absolute atomic E-state index is 13.4. The third-order valence-corrected chi connectivity index (χ3v) is 9.96. The molecule has 55 heavy (non-hydrogen) atoms. The molecule has 0 saturated heterocycles. The fourth-order valence-electron chi connectivity index (χ4n) is 6.04. The zero-order valence-corrected chi connectivity index (χ0v) is 33.2. The van der Waals surface area contributed by atoms with Crippen molar-refractivity contribution < 1.29 is 28.7 Å². The van der Waals surface area contributed by atoms with E-state index in [9.17, 15) is 24.4 Å². The van der Waals surface area contributed by atoms with E-state index in [4.69, 9.17) is 9.47 Å². The molecule has 3 amide bonds. The van der Waals surface area contributed by atoms with Crippen LogP contribution >= 0.6 is 11.8 Å². The van der Waals surface area contributed by atoms with Gasteiger partial charge in [0.2, 0.25) is 11.8 Å². The normalized spacial score (nSPS) is 11.5. The lowest BCUT2D eigenvalue weighted by Gasteiger charge is -2.27. The Morgan fingerprint density at radius 3 is 2.44 bits per heavy atom. The van der Waals surface area contributed by atoms with Crippen molar-refractivity contribution >= 4 is 41.5 Å². The van der Waals surface area contributed by atoms with Gasteiger partial charge in [0, 0.05) is 49.8 Å². The van der Waals surface area contributed by atoms with Gasteiger partial charge in [0.1, 0.15) is 36.5 Å². The van der Waals surface area contributed by atoms with Crippen molar-refractivity contribution in [2.24, 2.45) is 0 Å². The highest BCUT2D eigenvalue weighted by Gasteiger charge is 2.28. The quantitative estimate of drug-likeness (QED) is 0.0491. The van der Waals surface area contributed by atoms with Crippen molar-refractivity contribution in [3.8, 4) is 17.6 Å². The number of aldehydes is 1. The number of thioether (sulfide) groups is 1. The lowest BCUT2D eigenvalue weighted by Crippen LogP contribution is -2.47. The van der Waals surface area contributed by atoms with Crippen molar-refractivity contribution in [2.45, 2.75) is 76.6 Å². The second-order valence-electron chi connectivity index (χ2n) is 13.6. The van der Waals surface area contributed by atoms with E-state index in [0.717, 1.165) is 28.1 Å². The number of rotatable bonds is 18. The summed E-state index contributed by atoms with van der Waals surface area (Å²) in [4.78, 5) is 59.6. The number of anilines is 1. The number of aromatic nitrogens is 2. The second-order valence-corrected chi connectivity index (χ2v) is 14.3. The molecule has 0 aliphatic heterocycles. The first-order valence-corrected chi connectivity index (χ1v) is 19.2. The molecule has 1 atom stereocenters. The van der Waals surface area contributed by atoms with Gasteiger partial charge in [0.15, 0.2) is 5.16 Å². The van der Waals surface area contributed by atoms with E-state index in [-0.39, 0.29) is 37.7 Å². The molecular weight excluding hydrogens is 717 g/mol. The van der Waals surface area contributed by atoms with Crippen molar-refractivity contribution in [1.29, 1.82) is 5.26 Å². The van der Waals surface area contributed by atoms with Gasteiger partial charge in [-0.15, -0.1) is 0 Å². The summed E-state index contributed by atoms with van der Waals surface area (Å²) in [5.74, 6) is 0.167. The highest BCUT2D eigenvalue weighted by molar-refractivity contribution is 7.98. The maximum Gasteiger partial charge on any atom is 0.254 e. The number of aryl methyl sites for hydroxylation is 2. The number of nitrogens with zero attached hydrogens (tertiary/aromatic N) is 4. The lowest BCUT2D eigenvalue weighted by molar-refractivity contribution is -0.125. The number of ether oxygens (including phenoxy) is 2. The van der Waals surface area contributed by atoms with E-state index in [1.807, 2.05) is 55.6 Å². The molecule has 4 aromatic rings. The number of nitrogens with one attached hydrogen (secondary N) is 2. The molecule has 4 rings (SSSR count). The Kier molecular flexibility index (Phi) is 14.9. The van der Waals surface area contributed by atoms with Gasteiger partial charge in [-0.25, -0.2) is 9.97 Å². The van der Waals surface area contributed by atoms with Gasteiger partial charge in [-0.3, -0.25) is 14.4 Å². The fraction of sp³-hybridized carbons (Fsp3) is 0.357. The minimum atomic E-state index is -0.817. The van der Waals surface area contributed by atoms with Gasteiger partial charge in [-0.2, -0.15) is 5.26 Å². The Morgan fingerprint density at radius 2 is 1.76 bits per heavy atom. The van der Waals surface area contributed by atoms with E-state index < -0.39 is 17.4 Å². The molecule has 0 aliphatic carbocycles. The molecule has 0 saturated carbocycles. The van der Waals surface area contributed by atoms with Gasteiger partial charge in [-0.1, -0.05) is 49.9 Å². The van der Waals surface area contributed by atoms with Crippen LogP contribution in [0.1, 0.15) is 83.4 Å². The first-order valence-electron chi connectivity index (χ1n) is 17.9. The molecule has 0 spiro atoms. The Labute approximate surface area is 327 Å². The highest BCUT2D eigenvalue weighted by atomic mass is 32.2. The Hall–Kier alpha value is -5.74.